The van der Waals surface area contributed by atoms with Crippen molar-refractivity contribution in [3.05, 3.63) is 0 Å². The summed E-state index contributed by atoms with van der Waals surface area (Å²) in [6.07, 6.45) is 4.95. The Bertz CT molecular complexity index is 120. The van der Waals surface area contributed by atoms with Crippen molar-refractivity contribution >= 4 is 8.56 Å². The fourth-order valence-corrected chi connectivity index (χ4v) is 5.06. The fourth-order valence-electron chi connectivity index (χ4n) is 1.69. The molecule has 0 aliphatic heterocycles. The summed E-state index contributed by atoms with van der Waals surface area (Å²) in [6.45, 7) is 7.31. The lowest BCUT2D eigenvalue weighted by Crippen LogP contribution is -2.40. The van der Waals surface area contributed by atoms with E-state index in [0.717, 1.165) is 18.7 Å². The molecule has 0 radical (unpaired) electrons. The Morgan fingerprint density at radius 3 is 1.71 bits per heavy atom. The van der Waals surface area contributed by atoms with Gasteiger partial charge in [-0.05, 0) is 19.0 Å². The minimum Gasteiger partial charge on any atom is -0.398 e. The van der Waals surface area contributed by atoms with Crippen molar-refractivity contribution in [2.24, 2.45) is 0 Å². The number of hydrogen-bond acceptors (Lipinski definition) is 2. The normalized spacial score (nSPS) is 12.0. The van der Waals surface area contributed by atoms with E-state index >= 15 is 0 Å². The minimum absolute atomic E-state index is 0.799. The molecule has 0 fully saturated rings. The minimum atomic E-state index is -1.81. The molecule has 0 atom stereocenters. The highest BCUT2D eigenvalue weighted by Crippen LogP contribution is 2.23. The number of rotatable bonds is 9. The van der Waals surface area contributed by atoms with Crippen LogP contribution in [0.1, 0.15) is 46.5 Å². The average molecular weight is 218 g/mol. The molecule has 3 heteroatoms. The largest absolute Gasteiger partial charge is 0.398 e. The molecular formula is C11H26O2Si. The summed E-state index contributed by atoms with van der Waals surface area (Å²) < 4.78 is 11.6. The topological polar surface area (TPSA) is 18.5 Å². The monoisotopic (exact) mass is 218 g/mol. The third kappa shape index (κ3) is 5.13. The van der Waals surface area contributed by atoms with Crippen molar-refractivity contribution in [1.82, 2.24) is 0 Å². The Morgan fingerprint density at radius 2 is 1.43 bits per heavy atom. The molecule has 0 aromatic heterocycles. The van der Waals surface area contributed by atoms with Crippen molar-refractivity contribution in [2.75, 3.05) is 13.7 Å². The van der Waals surface area contributed by atoms with E-state index in [4.69, 9.17) is 8.85 Å². The van der Waals surface area contributed by atoms with E-state index in [2.05, 4.69) is 20.8 Å². The molecule has 0 saturated heterocycles. The summed E-state index contributed by atoms with van der Waals surface area (Å²) in [7, 11) is 0.0152. The molecule has 0 amide bonds. The zero-order valence-electron chi connectivity index (χ0n) is 10.3. The van der Waals surface area contributed by atoms with Crippen molar-refractivity contribution in [2.45, 2.75) is 58.5 Å². The van der Waals surface area contributed by atoms with Crippen LogP contribution in [0.4, 0.5) is 0 Å². The van der Waals surface area contributed by atoms with Gasteiger partial charge in [0.05, 0.1) is 0 Å². The first-order valence-electron chi connectivity index (χ1n) is 5.93. The van der Waals surface area contributed by atoms with Gasteiger partial charge < -0.3 is 8.85 Å². The van der Waals surface area contributed by atoms with Crippen LogP contribution in [-0.2, 0) is 8.85 Å². The van der Waals surface area contributed by atoms with E-state index in [1.165, 1.54) is 25.7 Å². The van der Waals surface area contributed by atoms with Gasteiger partial charge in [0.1, 0.15) is 0 Å². The van der Waals surface area contributed by atoms with Crippen LogP contribution in [0, 0.1) is 0 Å². The first kappa shape index (κ1) is 14.1. The van der Waals surface area contributed by atoms with E-state index in [1.807, 2.05) is 7.11 Å². The summed E-state index contributed by atoms with van der Waals surface area (Å²) in [4.78, 5) is 0. The predicted octanol–water partition coefficient (Wildman–Crippen LogP) is 3.71. The number of unbranched alkanes of at least 4 members (excludes halogenated alkanes) is 2. The van der Waals surface area contributed by atoms with Gasteiger partial charge in [-0.1, -0.05) is 39.5 Å². The molecule has 0 saturated carbocycles. The zero-order valence-corrected chi connectivity index (χ0v) is 11.3. The smallest absolute Gasteiger partial charge is 0.337 e. The van der Waals surface area contributed by atoms with Crippen molar-refractivity contribution in [1.29, 1.82) is 0 Å². The number of hydrogen-bond donors (Lipinski definition) is 0. The van der Waals surface area contributed by atoms with Gasteiger partial charge in [0.25, 0.3) is 0 Å². The van der Waals surface area contributed by atoms with Crippen LogP contribution < -0.4 is 0 Å². The van der Waals surface area contributed by atoms with Crippen LogP contribution in [0.15, 0.2) is 0 Å². The molecule has 0 aliphatic rings. The second kappa shape index (κ2) is 8.45. The van der Waals surface area contributed by atoms with Crippen LogP contribution in [0.25, 0.3) is 0 Å². The van der Waals surface area contributed by atoms with Gasteiger partial charge in [0.2, 0.25) is 0 Å². The fraction of sp³-hybridized carbons (Fsp3) is 1.00. The van der Waals surface area contributed by atoms with Crippen LogP contribution in [0.2, 0.25) is 12.1 Å². The van der Waals surface area contributed by atoms with Crippen LogP contribution in [0.5, 0.6) is 0 Å². The Hall–Kier alpha value is 0.137. The maximum atomic E-state index is 5.90. The first-order chi connectivity index (χ1) is 6.74. The van der Waals surface area contributed by atoms with Gasteiger partial charge in [-0.3, -0.25) is 0 Å². The molecule has 0 bridgehead atoms. The molecule has 0 unspecified atom stereocenters. The molecule has 86 valence electrons. The molecular weight excluding hydrogens is 192 g/mol. The second-order valence-electron chi connectivity index (χ2n) is 3.75. The van der Waals surface area contributed by atoms with Gasteiger partial charge in [0.15, 0.2) is 0 Å². The maximum Gasteiger partial charge on any atom is 0.337 e. The summed E-state index contributed by atoms with van der Waals surface area (Å²) in [5.41, 5.74) is 0. The molecule has 0 rings (SSSR count). The lowest BCUT2D eigenvalue weighted by Gasteiger charge is -2.28. The van der Waals surface area contributed by atoms with Crippen molar-refractivity contribution < 1.29 is 8.85 Å². The summed E-state index contributed by atoms with van der Waals surface area (Å²) in [6, 6.07) is 2.32. The Kier molecular flexibility index (Phi) is 8.53. The first-order valence-corrected chi connectivity index (χ1v) is 8.16. The van der Waals surface area contributed by atoms with Gasteiger partial charge in [-0.15, -0.1) is 0 Å². The molecule has 2 nitrogen and oxygen atoms in total. The average Bonchev–Trinajstić information content (AvgIpc) is 2.22. The molecule has 0 heterocycles. The molecule has 14 heavy (non-hydrogen) atoms. The molecule has 0 aromatic rings. The summed E-state index contributed by atoms with van der Waals surface area (Å²) in [5.74, 6) is 0. The third-order valence-corrected chi connectivity index (χ3v) is 6.39. The summed E-state index contributed by atoms with van der Waals surface area (Å²) >= 11 is 0. The Labute approximate surface area is 90.2 Å². The van der Waals surface area contributed by atoms with E-state index in [9.17, 15) is 0 Å². The highest BCUT2D eigenvalue weighted by atomic mass is 28.4. The van der Waals surface area contributed by atoms with Gasteiger partial charge in [0, 0.05) is 13.7 Å². The van der Waals surface area contributed by atoms with Crippen LogP contribution in [-0.4, -0.2) is 22.3 Å². The lowest BCUT2D eigenvalue weighted by atomic mass is 10.4. The predicted molar refractivity (Wildman–Crippen MR) is 63.8 cm³/mol. The SMILES string of the molecule is CCCC[Si](CCCC)(OC)OCC. The van der Waals surface area contributed by atoms with Gasteiger partial charge in [-0.2, -0.15) is 0 Å². The van der Waals surface area contributed by atoms with E-state index in [-0.39, 0.29) is 0 Å². The quantitative estimate of drug-likeness (QED) is 0.549. The Morgan fingerprint density at radius 1 is 0.929 bits per heavy atom. The molecule has 0 N–H and O–H groups in total. The van der Waals surface area contributed by atoms with Crippen molar-refractivity contribution in [3.63, 3.8) is 0 Å². The molecule has 0 aliphatic carbocycles. The molecule has 0 spiro atoms. The van der Waals surface area contributed by atoms with Crippen molar-refractivity contribution in [3.8, 4) is 0 Å². The summed E-state index contributed by atoms with van der Waals surface area (Å²) in [5, 5.41) is 0. The van der Waals surface area contributed by atoms with Gasteiger partial charge >= 0.3 is 8.56 Å². The van der Waals surface area contributed by atoms with E-state index in [0.29, 0.717) is 0 Å². The molecule has 0 aromatic carbocycles. The highest BCUT2D eigenvalue weighted by molar-refractivity contribution is 6.67. The van der Waals surface area contributed by atoms with Crippen LogP contribution >= 0.6 is 0 Å². The van der Waals surface area contributed by atoms with Crippen LogP contribution in [0.3, 0.4) is 0 Å². The van der Waals surface area contributed by atoms with Gasteiger partial charge in [-0.25, -0.2) is 0 Å². The maximum absolute atomic E-state index is 5.90. The van der Waals surface area contributed by atoms with E-state index < -0.39 is 8.56 Å². The lowest BCUT2D eigenvalue weighted by molar-refractivity contribution is 0.206. The Balaban J connectivity index is 4.11. The second-order valence-corrected chi connectivity index (χ2v) is 7.27. The zero-order chi connectivity index (χ0) is 10.9. The van der Waals surface area contributed by atoms with E-state index in [1.54, 1.807) is 0 Å². The standard InChI is InChI=1S/C11H26O2Si/c1-5-8-10-14(12-4,13-7-3)11-9-6-2/h5-11H2,1-4H3. The third-order valence-electron chi connectivity index (χ3n) is 2.60. The highest BCUT2D eigenvalue weighted by Gasteiger charge is 2.34.